The van der Waals surface area contributed by atoms with Crippen LogP contribution >= 0.6 is 11.3 Å². The van der Waals surface area contributed by atoms with Crippen LogP contribution in [0.4, 0.5) is 13.2 Å². The van der Waals surface area contributed by atoms with Crippen molar-refractivity contribution >= 4 is 17.3 Å². The van der Waals surface area contributed by atoms with Gasteiger partial charge in [0.1, 0.15) is 0 Å². The van der Waals surface area contributed by atoms with Crippen molar-refractivity contribution in [2.24, 2.45) is 0 Å². The lowest BCUT2D eigenvalue weighted by Crippen LogP contribution is -2.18. The maximum atomic E-state index is 12.9. The minimum atomic E-state index is -4.82. The van der Waals surface area contributed by atoms with Crippen molar-refractivity contribution in [2.75, 3.05) is 0 Å². The van der Waals surface area contributed by atoms with Crippen LogP contribution < -0.4 is 0 Å². The quantitative estimate of drug-likeness (QED) is 0.943. The lowest BCUT2D eigenvalue weighted by atomic mass is 10.3. The first kappa shape index (κ1) is 14.5. The number of alkyl halides is 3. The number of aromatic nitrogens is 3. The Hall–Kier alpha value is -1.90. The number of aryl methyl sites for hydroxylation is 1. The predicted octanol–water partition coefficient (Wildman–Crippen LogP) is 2.67. The number of carboxylic acid groups (broad SMARTS) is 1. The molecule has 0 atom stereocenters. The van der Waals surface area contributed by atoms with Gasteiger partial charge < -0.3 is 5.11 Å². The molecule has 0 spiro atoms. The van der Waals surface area contributed by atoms with Crippen LogP contribution in [0.3, 0.4) is 0 Å². The fourth-order valence-corrected chi connectivity index (χ4v) is 2.63. The summed E-state index contributed by atoms with van der Waals surface area (Å²) in [7, 11) is 0. The number of hydrogen-bond donors (Lipinski definition) is 1. The first-order chi connectivity index (χ1) is 9.32. The summed E-state index contributed by atoms with van der Waals surface area (Å²) >= 11 is 1.36. The van der Waals surface area contributed by atoms with E-state index in [4.69, 9.17) is 5.11 Å². The summed E-state index contributed by atoms with van der Waals surface area (Å²) in [5.41, 5.74) is -2.42. The number of thiophene rings is 1. The maximum Gasteiger partial charge on any atom is 0.435 e. The van der Waals surface area contributed by atoms with E-state index in [1.165, 1.54) is 11.3 Å². The number of nitrogens with zero attached hydrogens (tertiary/aromatic N) is 3. The highest BCUT2D eigenvalue weighted by molar-refractivity contribution is 7.11. The van der Waals surface area contributed by atoms with Crippen LogP contribution in [-0.4, -0.2) is 26.1 Å². The van der Waals surface area contributed by atoms with E-state index in [1.54, 1.807) is 6.07 Å². The van der Waals surface area contributed by atoms with Crippen LogP contribution in [0.5, 0.6) is 0 Å². The Morgan fingerprint density at radius 3 is 2.55 bits per heavy atom. The molecule has 0 aliphatic rings. The molecule has 108 valence electrons. The highest BCUT2D eigenvalue weighted by Crippen LogP contribution is 2.32. The first-order valence-corrected chi connectivity index (χ1v) is 6.46. The smallest absolute Gasteiger partial charge is 0.435 e. The molecule has 0 aliphatic heterocycles. The van der Waals surface area contributed by atoms with Crippen LogP contribution in [0.2, 0.25) is 0 Å². The summed E-state index contributed by atoms with van der Waals surface area (Å²) in [6.45, 7) is 1.79. The summed E-state index contributed by atoms with van der Waals surface area (Å²) in [6.07, 6.45) is -4.03. The maximum absolute atomic E-state index is 12.9. The Kier molecular flexibility index (Phi) is 3.80. The molecule has 20 heavy (non-hydrogen) atoms. The van der Waals surface area contributed by atoms with Crippen molar-refractivity contribution in [3.8, 4) is 0 Å². The SMILES string of the molecule is CCc1ccc(Cn2nnc(C(=O)O)c2C(F)(F)F)s1. The Morgan fingerprint density at radius 2 is 2.05 bits per heavy atom. The summed E-state index contributed by atoms with van der Waals surface area (Å²) < 4.78 is 39.3. The van der Waals surface area contributed by atoms with Gasteiger partial charge in [0.15, 0.2) is 5.69 Å². The van der Waals surface area contributed by atoms with Crippen LogP contribution in [0.15, 0.2) is 12.1 Å². The monoisotopic (exact) mass is 305 g/mol. The number of carbonyl (C=O) groups is 1. The molecule has 0 aliphatic carbocycles. The molecule has 2 heterocycles. The van der Waals surface area contributed by atoms with Crippen molar-refractivity contribution in [1.82, 2.24) is 15.0 Å². The third-order valence-electron chi connectivity index (χ3n) is 2.58. The molecule has 1 N–H and O–H groups in total. The predicted molar refractivity (Wildman–Crippen MR) is 64.8 cm³/mol. The zero-order chi connectivity index (χ0) is 14.9. The summed E-state index contributed by atoms with van der Waals surface area (Å²) in [6, 6.07) is 3.52. The van der Waals surface area contributed by atoms with Gasteiger partial charge in [0.2, 0.25) is 5.69 Å². The lowest BCUT2D eigenvalue weighted by Gasteiger charge is -2.09. The number of aromatic carboxylic acids is 1. The van der Waals surface area contributed by atoms with Gasteiger partial charge in [0.25, 0.3) is 0 Å². The molecular formula is C11H10F3N3O2S. The number of hydrogen-bond acceptors (Lipinski definition) is 4. The van der Waals surface area contributed by atoms with E-state index in [0.717, 1.165) is 11.3 Å². The van der Waals surface area contributed by atoms with E-state index < -0.39 is 23.5 Å². The van der Waals surface area contributed by atoms with Crippen molar-refractivity contribution in [2.45, 2.75) is 26.1 Å². The van der Waals surface area contributed by atoms with Gasteiger partial charge in [-0.05, 0) is 18.6 Å². The molecule has 5 nitrogen and oxygen atoms in total. The van der Waals surface area contributed by atoms with E-state index >= 15 is 0 Å². The van der Waals surface area contributed by atoms with Gasteiger partial charge in [-0.25, -0.2) is 9.48 Å². The van der Waals surface area contributed by atoms with Crippen molar-refractivity contribution in [3.63, 3.8) is 0 Å². The molecule has 0 unspecified atom stereocenters. The second-order valence-electron chi connectivity index (χ2n) is 3.97. The molecule has 0 radical (unpaired) electrons. The molecule has 0 aromatic carbocycles. The van der Waals surface area contributed by atoms with Crippen molar-refractivity contribution in [1.29, 1.82) is 0 Å². The molecule has 0 bridgehead atoms. The molecule has 2 aromatic heterocycles. The molecule has 2 aromatic rings. The van der Waals surface area contributed by atoms with Crippen molar-refractivity contribution in [3.05, 3.63) is 33.3 Å². The van der Waals surface area contributed by atoms with Crippen LogP contribution in [0.25, 0.3) is 0 Å². The Balaban J connectivity index is 2.39. The Bertz CT molecular complexity index is 633. The zero-order valence-corrected chi connectivity index (χ0v) is 11.1. The minimum absolute atomic E-state index is 0.153. The summed E-state index contributed by atoms with van der Waals surface area (Å²) in [5.74, 6) is -1.75. The second-order valence-corrected chi connectivity index (χ2v) is 5.22. The van der Waals surface area contributed by atoms with Gasteiger partial charge in [-0.3, -0.25) is 0 Å². The van der Waals surface area contributed by atoms with E-state index in [-0.39, 0.29) is 6.54 Å². The molecule has 2 rings (SSSR count). The highest BCUT2D eigenvalue weighted by Gasteiger charge is 2.41. The van der Waals surface area contributed by atoms with Gasteiger partial charge in [0.05, 0.1) is 6.54 Å². The van der Waals surface area contributed by atoms with Gasteiger partial charge in [-0.15, -0.1) is 16.4 Å². The van der Waals surface area contributed by atoms with Crippen molar-refractivity contribution < 1.29 is 23.1 Å². The van der Waals surface area contributed by atoms with E-state index in [1.807, 2.05) is 13.0 Å². The van der Waals surface area contributed by atoms with Gasteiger partial charge >= 0.3 is 12.1 Å². The number of carboxylic acids is 1. The average Bonchev–Trinajstić information content (AvgIpc) is 2.95. The van der Waals surface area contributed by atoms with E-state index in [9.17, 15) is 18.0 Å². The van der Waals surface area contributed by atoms with E-state index in [0.29, 0.717) is 9.56 Å². The Labute approximate surface area is 115 Å². The topological polar surface area (TPSA) is 68.0 Å². The largest absolute Gasteiger partial charge is 0.476 e. The third-order valence-corrected chi connectivity index (χ3v) is 3.79. The fraction of sp³-hybridized carbons (Fsp3) is 0.364. The number of rotatable bonds is 4. The summed E-state index contributed by atoms with van der Waals surface area (Å²) in [4.78, 5) is 12.5. The van der Waals surface area contributed by atoms with Gasteiger partial charge in [-0.1, -0.05) is 12.1 Å². The van der Waals surface area contributed by atoms with Crippen LogP contribution in [-0.2, 0) is 19.1 Å². The fourth-order valence-electron chi connectivity index (χ4n) is 1.69. The lowest BCUT2D eigenvalue weighted by molar-refractivity contribution is -0.144. The molecule has 0 amide bonds. The third kappa shape index (κ3) is 2.82. The normalized spacial score (nSPS) is 11.8. The van der Waals surface area contributed by atoms with Gasteiger partial charge in [-0.2, -0.15) is 13.2 Å². The summed E-state index contributed by atoms with van der Waals surface area (Å²) in [5, 5.41) is 15.1. The molecule has 9 heteroatoms. The van der Waals surface area contributed by atoms with Crippen LogP contribution in [0, 0.1) is 0 Å². The number of halogens is 3. The molecular weight excluding hydrogens is 295 g/mol. The first-order valence-electron chi connectivity index (χ1n) is 5.64. The molecule has 0 fully saturated rings. The standard InChI is InChI=1S/C11H10F3N3O2S/c1-2-6-3-4-7(20-6)5-17-9(11(12,13)14)8(10(18)19)15-16-17/h3-4H,2,5H2,1H3,(H,18,19). The molecule has 0 saturated carbocycles. The Morgan fingerprint density at radius 1 is 1.40 bits per heavy atom. The minimum Gasteiger partial charge on any atom is -0.476 e. The highest BCUT2D eigenvalue weighted by atomic mass is 32.1. The van der Waals surface area contributed by atoms with E-state index in [2.05, 4.69) is 10.3 Å². The van der Waals surface area contributed by atoms with Gasteiger partial charge in [0, 0.05) is 9.75 Å². The van der Waals surface area contributed by atoms with Crippen LogP contribution in [0.1, 0.15) is 32.9 Å². The zero-order valence-electron chi connectivity index (χ0n) is 10.3. The second kappa shape index (κ2) is 5.23. The average molecular weight is 305 g/mol. The molecule has 0 saturated heterocycles.